The summed E-state index contributed by atoms with van der Waals surface area (Å²) in [4.78, 5) is 26.7. The van der Waals surface area contributed by atoms with Gasteiger partial charge in [0.05, 0.1) is 12.5 Å². The van der Waals surface area contributed by atoms with Crippen molar-refractivity contribution in [2.45, 2.75) is 76.9 Å². The molecular weight excluding hydrogens is 424 g/mol. The number of aryl methyl sites for hydroxylation is 1. The van der Waals surface area contributed by atoms with Gasteiger partial charge in [0.1, 0.15) is 6.61 Å². The van der Waals surface area contributed by atoms with Gasteiger partial charge in [0.25, 0.3) is 0 Å². The summed E-state index contributed by atoms with van der Waals surface area (Å²) in [7, 11) is 3.88. The van der Waals surface area contributed by atoms with Crippen LogP contribution in [0, 0.1) is 0 Å². The van der Waals surface area contributed by atoms with E-state index in [1.165, 1.54) is 37.7 Å². The van der Waals surface area contributed by atoms with Gasteiger partial charge in [-0.1, -0.05) is 92.8 Å². The number of hydrogen-bond acceptors (Lipinski definition) is 4. The fourth-order valence-electron chi connectivity index (χ4n) is 4.04. The normalized spacial score (nSPS) is 11.9. The summed E-state index contributed by atoms with van der Waals surface area (Å²) in [6, 6.07) is 20.0. The minimum Gasteiger partial charge on any atom is -0.461 e. The van der Waals surface area contributed by atoms with Crippen molar-refractivity contribution >= 4 is 11.9 Å². The highest BCUT2D eigenvalue weighted by molar-refractivity contribution is 5.77. The maximum atomic E-state index is 12.4. The van der Waals surface area contributed by atoms with E-state index in [0.717, 1.165) is 24.8 Å². The molecular formula is C29H42N2O3. The van der Waals surface area contributed by atoms with Gasteiger partial charge in [-0.2, -0.15) is 0 Å². The monoisotopic (exact) mass is 466 g/mol. The van der Waals surface area contributed by atoms with Crippen molar-refractivity contribution < 1.29 is 14.3 Å². The largest absolute Gasteiger partial charge is 0.461 e. The molecule has 0 fully saturated rings. The minimum absolute atomic E-state index is 0.0190. The van der Waals surface area contributed by atoms with Gasteiger partial charge in [-0.05, 0) is 44.5 Å². The average molecular weight is 467 g/mol. The molecule has 5 heteroatoms. The second-order valence-electron chi connectivity index (χ2n) is 9.34. The quantitative estimate of drug-likeness (QED) is 0.246. The lowest BCUT2D eigenvalue weighted by molar-refractivity contribution is -0.145. The van der Waals surface area contributed by atoms with Crippen LogP contribution in [0.5, 0.6) is 0 Å². The van der Waals surface area contributed by atoms with Crippen molar-refractivity contribution in [1.29, 1.82) is 0 Å². The summed E-state index contributed by atoms with van der Waals surface area (Å²) in [5.74, 6) is -0.270. The van der Waals surface area contributed by atoms with E-state index in [4.69, 9.17) is 4.74 Å². The van der Waals surface area contributed by atoms with E-state index in [2.05, 4.69) is 35.6 Å². The van der Waals surface area contributed by atoms with Crippen molar-refractivity contribution in [2.24, 2.45) is 0 Å². The fraction of sp³-hybridized carbons (Fsp3) is 0.517. The van der Waals surface area contributed by atoms with E-state index in [0.29, 0.717) is 13.0 Å². The Labute approximate surface area is 205 Å². The van der Waals surface area contributed by atoms with E-state index in [9.17, 15) is 9.59 Å². The molecule has 2 aromatic carbocycles. The fourth-order valence-corrected chi connectivity index (χ4v) is 4.04. The van der Waals surface area contributed by atoms with Gasteiger partial charge in [-0.3, -0.25) is 9.59 Å². The number of carbonyl (C=O) groups excluding carboxylic acids is 2. The summed E-state index contributed by atoms with van der Waals surface area (Å²) in [5, 5.41) is 3.03. The van der Waals surface area contributed by atoms with Crippen molar-refractivity contribution in [3.05, 3.63) is 71.8 Å². The maximum absolute atomic E-state index is 12.4. The molecule has 0 heterocycles. The first-order valence-electron chi connectivity index (χ1n) is 12.7. The van der Waals surface area contributed by atoms with Crippen LogP contribution < -0.4 is 5.32 Å². The average Bonchev–Trinajstić information content (AvgIpc) is 2.82. The number of amides is 1. The molecule has 0 aliphatic carbocycles. The lowest BCUT2D eigenvalue weighted by Gasteiger charge is -2.22. The lowest BCUT2D eigenvalue weighted by Crippen LogP contribution is -2.43. The Morgan fingerprint density at radius 1 is 0.794 bits per heavy atom. The van der Waals surface area contributed by atoms with Gasteiger partial charge in [-0.25, -0.2) is 0 Å². The molecule has 0 aliphatic heterocycles. The second-order valence-corrected chi connectivity index (χ2v) is 9.34. The Hall–Kier alpha value is -2.66. The van der Waals surface area contributed by atoms with Gasteiger partial charge in [0.2, 0.25) is 5.91 Å². The first-order valence-corrected chi connectivity index (χ1v) is 12.7. The topological polar surface area (TPSA) is 58.6 Å². The van der Waals surface area contributed by atoms with Crippen LogP contribution in [0.15, 0.2) is 60.7 Å². The summed E-state index contributed by atoms with van der Waals surface area (Å²) < 4.78 is 5.39. The highest BCUT2D eigenvalue weighted by Crippen LogP contribution is 2.12. The molecule has 0 saturated heterocycles. The van der Waals surface area contributed by atoms with E-state index in [-0.39, 0.29) is 30.9 Å². The predicted molar refractivity (Wildman–Crippen MR) is 138 cm³/mol. The number of nitrogens with zero attached hydrogens (tertiary/aromatic N) is 1. The zero-order valence-corrected chi connectivity index (χ0v) is 21.0. The van der Waals surface area contributed by atoms with E-state index in [1.54, 1.807) is 0 Å². The summed E-state index contributed by atoms with van der Waals surface area (Å²) in [6.07, 6.45) is 9.99. The molecule has 186 valence electrons. The maximum Gasteiger partial charge on any atom is 0.308 e. The van der Waals surface area contributed by atoms with Gasteiger partial charge in [-0.15, -0.1) is 0 Å². The van der Waals surface area contributed by atoms with Gasteiger partial charge >= 0.3 is 5.97 Å². The van der Waals surface area contributed by atoms with Crippen LogP contribution >= 0.6 is 0 Å². The molecule has 1 amide bonds. The lowest BCUT2D eigenvalue weighted by atomic mass is 10.0. The van der Waals surface area contributed by atoms with Gasteiger partial charge in [0, 0.05) is 13.0 Å². The van der Waals surface area contributed by atoms with Crippen LogP contribution in [-0.4, -0.2) is 43.5 Å². The second kappa shape index (κ2) is 16.9. The molecule has 1 atom stereocenters. The number of carbonyl (C=O) groups is 2. The highest BCUT2D eigenvalue weighted by atomic mass is 16.5. The third-order valence-electron chi connectivity index (χ3n) is 5.82. The Morgan fingerprint density at radius 2 is 1.35 bits per heavy atom. The summed E-state index contributed by atoms with van der Waals surface area (Å²) in [6.45, 7) is 0.865. The van der Waals surface area contributed by atoms with Crippen molar-refractivity contribution in [3.63, 3.8) is 0 Å². The molecule has 0 bridgehead atoms. The smallest absolute Gasteiger partial charge is 0.308 e. The van der Waals surface area contributed by atoms with Crippen LogP contribution in [-0.2, 0) is 27.4 Å². The molecule has 1 N–H and O–H groups in total. The third-order valence-corrected chi connectivity index (χ3v) is 5.82. The summed E-state index contributed by atoms with van der Waals surface area (Å²) in [5.41, 5.74) is 2.38. The number of ether oxygens (including phenoxy) is 1. The number of likely N-dealkylation sites (N-methyl/N-ethyl adjacent to an activating group) is 1. The molecule has 0 saturated carbocycles. The molecule has 0 aliphatic rings. The van der Waals surface area contributed by atoms with Gasteiger partial charge in [0.15, 0.2) is 0 Å². The molecule has 0 spiro atoms. The molecule has 5 nitrogen and oxygen atoms in total. The van der Waals surface area contributed by atoms with Crippen LogP contribution in [0.2, 0.25) is 0 Å². The molecule has 2 rings (SSSR count). The van der Waals surface area contributed by atoms with Crippen LogP contribution in [0.4, 0.5) is 0 Å². The molecule has 1 unspecified atom stereocenters. The van der Waals surface area contributed by atoms with Crippen molar-refractivity contribution in [3.8, 4) is 0 Å². The minimum atomic E-state index is -0.289. The Balaban J connectivity index is 1.54. The number of benzene rings is 2. The zero-order chi connectivity index (χ0) is 24.4. The molecule has 0 radical (unpaired) electrons. The van der Waals surface area contributed by atoms with Crippen LogP contribution in [0.3, 0.4) is 0 Å². The van der Waals surface area contributed by atoms with E-state index < -0.39 is 0 Å². The van der Waals surface area contributed by atoms with Crippen LogP contribution in [0.25, 0.3) is 0 Å². The molecule has 0 aromatic heterocycles. The number of esters is 1. The van der Waals surface area contributed by atoms with E-state index >= 15 is 0 Å². The summed E-state index contributed by atoms with van der Waals surface area (Å²) >= 11 is 0. The Morgan fingerprint density at radius 3 is 1.97 bits per heavy atom. The van der Waals surface area contributed by atoms with Crippen LogP contribution in [0.1, 0.15) is 68.9 Å². The number of unbranched alkanes of at least 4 members (excludes halogenated alkanes) is 6. The number of hydrogen-bond donors (Lipinski definition) is 1. The number of nitrogens with one attached hydrogen (secondary N) is 1. The van der Waals surface area contributed by atoms with Crippen molar-refractivity contribution in [1.82, 2.24) is 10.2 Å². The predicted octanol–water partition coefficient (Wildman–Crippen LogP) is 5.53. The van der Waals surface area contributed by atoms with E-state index in [1.807, 2.05) is 49.3 Å². The standard InChI is InChI=1S/C29H42N2O3/c1-31(2)23-27(22-29(33)34-24-26-19-13-9-14-20-26)30-28(32)21-15-7-5-3-4-6-10-16-25-17-11-8-12-18-25/h8-9,11-14,17-20,27H,3-7,10,15-16,21-24H2,1-2H3,(H,30,32). The molecule has 2 aromatic rings. The zero-order valence-electron chi connectivity index (χ0n) is 21.0. The molecule has 34 heavy (non-hydrogen) atoms. The highest BCUT2D eigenvalue weighted by Gasteiger charge is 2.18. The third kappa shape index (κ3) is 13.1. The SMILES string of the molecule is CN(C)CC(CC(=O)OCc1ccccc1)NC(=O)CCCCCCCCCc1ccccc1. The first-order chi connectivity index (χ1) is 16.5. The van der Waals surface area contributed by atoms with Gasteiger partial charge < -0.3 is 15.0 Å². The van der Waals surface area contributed by atoms with Crippen molar-refractivity contribution in [2.75, 3.05) is 20.6 Å². The number of rotatable bonds is 17. The Bertz CT molecular complexity index is 809. The first kappa shape index (κ1) is 27.6. The Kier molecular flexibility index (Phi) is 13.7.